The zero-order valence-electron chi connectivity index (χ0n) is 17.2. The minimum atomic E-state index is -0.511. The van der Waals surface area contributed by atoms with Gasteiger partial charge in [0.05, 0.1) is 12.6 Å². The monoisotopic (exact) mass is 426 g/mol. The molecule has 1 aliphatic rings. The fraction of sp³-hybridized carbons (Fsp3) is 0.348. The highest BCUT2D eigenvalue weighted by Crippen LogP contribution is 2.19. The Balaban J connectivity index is 1.54. The van der Waals surface area contributed by atoms with Crippen molar-refractivity contribution in [1.82, 2.24) is 9.80 Å². The molecule has 3 rings (SSSR count). The first-order valence-corrected chi connectivity index (χ1v) is 10.2. The summed E-state index contributed by atoms with van der Waals surface area (Å²) in [6.07, 6.45) is -0.349. The Labute approximate surface area is 181 Å². The molecule has 31 heavy (non-hydrogen) atoms. The van der Waals surface area contributed by atoms with E-state index in [1.165, 1.54) is 4.90 Å². The van der Waals surface area contributed by atoms with E-state index in [4.69, 9.17) is 14.2 Å². The Kier molecular flexibility index (Phi) is 8.28. The number of ether oxygens (including phenoxy) is 3. The molecule has 0 spiro atoms. The van der Waals surface area contributed by atoms with Crippen molar-refractivity contribution in [3.63, 3.8) is 0 Å². The van der Waals surface area contributed by atoms with Crippen LogP contribution in [0.1, 0.15) is 17.5 Å². The molecule has 0 aromatic heterocycles. The molecule has 0 saturated carbocycles. The zero-order chi connectivity index (χ0) is 21.9. The lowest BCUT2D eigenvalue weighted by molar-refractivity contribution is -0.129. The third kappa shape index (κ3) is 6.74. The van der Waals surface area contributed by atoms with Crippen LogP contribution in [0.4, 0.5) is 9.59 Å². The van der Waals surface area contributed by atoms with Crippen LogP contribution in [0.15, 0.2) is 60.7 Å². The summed E-state index contributed by atoms with van der Waals surface area (Å²) in [6, 6.07) is 18.6. The standard InChI is InChI=1S/C23H26N2O6/c26-18-29-14-13-25(23(28)31-17-20-9-5-2-6-10-20)21-11-12-24(15-21)22(27)30-16-19-7-3-1-4-8-19/h1-10,18,21H,11-17H2/t21-/m1/s1. The van der Waals surface area contributed by atoms with E-state index in [0.717, 1.165) is 11.1 Å². The van der Waals surface area contributed by atoms with Crippen LogP contribution in [0.2, 0.25) is 0 Å². The van der Waals surface area contributed by atoms with Gasteiger partial charge in [-0.15, -0.1) is 0 Å². The summed E-state index contributed by atoms with van der Waals surface area (Å²) in [5, 5.41) is 0. The maximum absolute atomic E-state index is 12.7. The SMILES string of the molecule is O=COCCN(C(=O)OCc1ccccc1)[C@@H]1CCN(C(=O)OCc2ccccc2)C1. The summed E-state index contributed by atoms with van der Waals surface area (Å²) in [4.78, 5) is 38.7. The molecule has 8 heteroatoms. The Morgan fingerprint density at radius 1 is 0.968 bits per heavy atom. The van der Waals surface area contributed by atoms with Crippen molar-refractivity contribution in [1.29, 1.82) is 0 Å². The molecule has 1 fully saturated rings. The Morgan fingerprint density at radius 3 is 2.19 bits per heavy atom. The molecule has 0 aliphatic carbocycles. The Hall–Kier alpha value is -3.55. The highest BCUT2D eigenvalue weighted by atomic mass is 16.6. The molecule has 2 aromatic rings. The molecule has 0 bridgehead atoms. The first-order valence-electron chi connectivity index (χ1n) is 10.2. The second-order valence-corrected chi connectivity index (χ2v) is 7.13. The molecule has 2 aromatic carbocycles. The average Bonchev–Trinajstić information content (AvgIpc) is 3.30. The van der Waals surface area contributed by atoms with Crippen LogP contribution in [-0.2, 0) is 32.2 Å². The summed E-state index contributed by atoms with van der Waals surface area (Å²) in [5.74, 6) is 0. The molecule has 0 unspecified atom stereocenters. The van der Waals surface area contributed by atoms with Crippen molar-refractivity contribution in [2.75, 3.05) is 26.2 Å². The van der Waals surface area contributed by atoms with Crippen LogP contribution in [0.5, 0.6) is 0 Å². The number of likely N-dealkylation sites (tertiary alicyclic amines) is 1. The van der Waals surface area contributed by atoms with E-state index in [2.05, 4.69) is 0 Å². The summed E-state index contributed by atoms with van der Waals surface area (Å²) >= 11 is 0. The van der Waals surface area contributed by atoms with Crippen molar-refractivity contribution in [3.05, 3.63) is 71.8 Å². The van der Waals surface area contributed by atoms with Gasteiger partial charge in [-0.3, -0.25) is 9.69 Å². The predicted molar refractivity (Wildman–Crippen MR) is 112 cm³/mol. The first-order chi connectivity index (χ1) is 15.2. The second kappa shape index (κ2) is 11.6. The minimum Gasteiger partial charge on any atom is -0.466 e. The normalized spacial score (nSPS) is 15.2. The molecule has 1 saturated heterocycles. The van der Waals surface area contributed by atoms with Crippen molar-refractivity contribution >= 4 is 18.7 Å². The van der Waals surface area contributed by atoms with E-state index in [1.54, 1.807) is 4.90 Å². The van der Waals surface area contributed by atoms with E-state index in [1.807, 2.05) is 60.7 Å². The van der Waals surface area contributed by atoms with Gasteiger partial charge < -0.3 is 19.1 Å². The lowest BCUT2D eigenvalue weighted by Gasteiger charge is -2.28. The average molecular weight is 426 g/mol. The third-order valence-corrected chi connectivity index (χ3v) is 5.03. The van der Waals surface area contributed by atoms with Gasteiger partial charge in [-0.2, -0.15) is 0 Å². The minimum absolute atomic E-state index is 0.0545. The summed E-state index contributed by atoms with van der Waals surface area (Å²) in [5.41, 5.74) is 1.78. The van der Waals surface area contributed by atoms with Gasteiger partial charge in [0.15, 0.2) is 0 Å². The van der Waals surface area contributed by atoms with Crippen LogP contribution >= 0.6 is 0 Å². The van der Waals surface area contributed by atoms with Gasteiger partial charge in [-0.1, -0.05) is 60.7 Å². The van der Waals surface area contributed by atoms with Crippen molar-refractivity contribution in [2.24, 2.45) is 0 Å². The fourth-order valence-corrected chi connectivity index (χ4v) is 3.40. The van der Waals surface area contributed by atoms with Gasteiger partial charge in [-0.05, 0) is 17.5 Å². The molecule has 2 amide bonds. The molecule has 164 valence electrons. The molecular formula is C23H26N2O6. The zero-order valence-corrected chi connectivity index (χ0v) is 17.2. The van der Waals surface area contributed by atoms with E-state index in [0.29, 0.717) is 26.0 Å². The van der Waals surface area contributed by atoms with Crippen molar-refractivity contribution < 1.29 is 28.6 Å². The lowest BCUT2D eigenvalue weighted by Crippen LogP contribution is -2.44. The quantitative estimate of drug-likeness (QED) is 0.348. The Morgan fingerprint density at radius 2 is 1.58 bits per heavy atom. The molecule has 1 heterocycles. The van der Waals surface area contributed by atoms with E-state index in [-0.39, 0.29) is 32.4 Å². The van der Waals surface area contributed by atoms with Gasteiger partial charge >= 0.3 is 12.2 Å². The molecule has 0 N–H and O–H groups in total. The molecule has 1 aliphatic heterocycles. The van der Waals surface area contributed by atoms with Crippen LogP contribution in [0.25, 0.3) is 0 Å². The van der Waals surface area contributed by atoms with E-state index in [9.17, 15) is 14.4 Å². The molecule has 8 nitrogen and oxygen atoms in total. The Bertz CT molecular complexity index is 846. The number of rotatable bonds is 9. The summed E-state index contributed by atoms with van der Waals surface area (Å²) < 4.78 is 15.6. The maximum Gasteiger partial charge on any atom is 0.410 e. The number of hydrogen-bond acceptors (Lipinski definition) is 6. The summed E-state index contributed by atoms with van der Waals surface area (Å²) in [7, 11) is 0. The molecular weight excluding hydrogens is 400 g/mol. The van der Waals surface area contributed by atoms with Crippen molar-refractivity contribution in [2.45, 2.75) is 25.7 Å². The first kappa shape index (κ1) is 22.1. The number of nitrogens with zero attached hydrogens (tertiary/aromatic N) is 2. The predicted octanol–water partition coefficient (Wildman–Crippen LogP) is 3.21. The molecule has 1 atom stereocenters. The van der Waals surface area contributed by atoms with Gasteiger partial charge in [0.25, 0.3) is 6.47 Å². The second-order valence-electron chi connectivity index (χ2n) is 7.13. The van der Waals surface area contributed by atoms with Crippen LogP contribution in [0.3, 0.4) is 0 Å². The highest BCUT2D eigenvalue weighted by Gasteiger charge is 2.34. The van der Waals surface area contributed by atoms with Crippen LogP contribution in [0, 0.1) is 0 Å². The number of benzene rings is 2. The maximum atomic E-state index is 12.7. The number of carbonyl (C=O) groups is 3. The number of hydrogen-bond donors (Lipinski definition) is 0. The highest BCUT2D eigenvalue weighted by molar-refractivity contribution is 5.70. The van der Waals surface area contributed by atoms with Gasteiger partial charge in [0.2, 0.25) is 0 Å². The number of carbonyl (C=O) groups excluding carboxylic acids is 3. The smallest absolute Gasteiger partial charge is 0.410 e. The fourth-order valence-electron chi connectivity index (χ4n) is 3.40. The third-order valence-electron chi connectivity index (χ3n) is 5.03. The van der Waals surface area contributed by atoms with Crippen LogP contribution in [-0.4, -0.2) is 60.7 Å². The van der Waals surface area contributed by atoms with Crippen molar-refractivity contribution in [3.8, 4) is 0 Å². The van der Waals surface area contributed by atoms with Gasteiger partial charge in [0.1, 0.15) is 19.8 Å². The van der Waals surface area contributed by atoms with Gasteiger partial charge in [-0.25, -0.2) is 9.59 Å². The lowest BCUT2D eigenvalue weighted by atomic mass is 10.2. The van der Waals surface area contributed by atoms with E-state index >= 15 is 0 Å². The topological polar surface area (TPSA) is 85.4 Å². The summed E-state index contributed by atoms with van der Waals surface area (Å²) in [6.45, 7) is 1.71. The van der Waals surface area contributed by atoms with E-state index < -0.39 is 12.2 Å². The van der Waals surface area contributed by atoms with Crippen LogP contribution < -0.4 is 0 Å². The molecule has 0 radical (unpaired) electrons. The largest absolute Gasteiger partial charge is 0.466 e. The van der Waals surface area contributed by atoms with Gasteiger partial charge in [0, 0.05) is 13.1 Å². The number of amides is 2.